The van der Waals surface area contributed by atoms with Crippen LogP contribution in [0.3, 0.4) is 0 Å². The molecule has 1 aliphatic carbocycles. The first kappa shape index (κ1) is 13.2. The van der Waals surface area contributed by atoms with E-state index < -0.39 is 5.97 Å². The molecule has 0 saturated carbocycles. The van der Waals surface area contributed by atoms with Crippen LogP contribution >= 0.6 is 11.6 Å². The van der Waals surface area contributed by atoms with Gasteiger partial charge in [-0.1, -0.05) is 23.7 Å². The molecule has 1 heterocycles. The molecule has 1 aliphatic rings. The Balaban J connectivity index is 1.79. The number of rotatable bonds is 3. The van der Waals surface area contributed by atoms with Gasteiger partial charge in [0.2, 0.25) is 0 Å². The average Bonchev–Trinajstić information content (AvgIpc) is 2.79. The zero-order valence-corrected chi connectivity index (χ0v) is 11.6. The number of carboxylic acid groups (broad SMARTS) is 1. The van der Waals surface area contributed by atoms with Gasteiger partial charge in [-0.2, -0.15) is 0 Å². The quantitative estimate of drug-likeness (QED) is 0.944. The van der Waals surface area contributed by atoms with Crippen LogP contribution in [0.2, 0.25) is 5.02 Å². The van der Waals surface area contributed by atoms with Crippen molar-refractivity contribution in [2.24, 2.45) is 5.92 Å². The largest absolute Gasteiger partial charge is 0.481 e. The van der Waals surface area contributed by atoms with Crippen LogP contribution in [0.4, 0.5) is 0 Å². The molecule has 1 aromatic carbocycles. The third-order valence-corrected chi connectivity index (χ3v) is 3.81. The Bertz CT molecular complexity index is 650. The second-order valence-corrected chi connectivity index (χ2v) is 5.50. The van der Waals surface area contributed by atoms with Gasteiger partial charge in [0.25, 0.3) is 0 Å². The number of hydrogen-bond donors (Lipinski definition) is 1. The molecule has 5 heteroatoms. The molecule has 0 saturated heterocycles. The van der Waals surface area contributed by atoms with Gasteiger partial charge in [-0.05, 0) is 24.1 Å². The second kappa shape index (κ2) is 5.29. The molecule has 0 fully saturated rings. The summed E-state index contributed by atoms with van der Waals surface area (Å²) in [6.07, 6.45) is 2.30. The smallest absolute Gasteiger partial charge is 0.306 e. The van der Waals surface area contributed by atoms with Crippen molar-refractivity contribution in [2.45, 2.75) is 25.7 Å². The predicted octanol–water partition coefficient (Wildman–Crippen LogP) is 3.11. The minimum absolute atomic E-state index is 0.341. The summed E-state index contributed by atoms with van der Waals surface area (Å²) >= 11 is 5.95. The van der Waals surface area contributed by atoms with E-state index in [1.165, 1.54) is 0 Å². The van der Waals surface area contributed by atoms with Crippen molar-refractivity contribution < 1.29 is 14.3 Å². The van der Waals surface area contributed by atoms with Crippen LogP contribution in [0.1, 0.15) is 29.3 Å². The molecule has 1 unspecified atom stereocenters. The molecule has 1 atom stereocenters. The predicted molar refractivity (Wildman–Crippen MR) is 73.9 cm³/mol. The Morgan fingerprint density at radius 2 is 2.35 bits per heavy atom. The lowest BCUT2D eigenvalue weighted by atomic mass is 9.90. The molecule has 2 aromatic rings. The summed E-state index contributed by atoms with van der Waals surface area (Å²) in [5, 5.41) is 9.75. The lowest BCUT2D eigenvalue weighted by Gasteiger charge is -2.15. The Morgan fingerprint density at radius 1 is 1.50 bits per heavy atom. The van der Waals surface area contributed by atoms with Gasteiger partial charge in [0, 0.05) is 24.3 Å². The van der Waals surface area contributed by atoms with E-state index in [9.17, 15) is 4.79 Å². The van der Waals surface area contributed by atoms with Gasteiger partial charge >= 0.3 is 5.97 Å². The van der Waals surface area contributed by atoms with E-state index in [1.54, 1.807) is 0 Å². The lowest BCUT2D eigenvalue weighted by Crippen LogP contribution is -2.21. The van der Waals surface area contributed by atoms with Crippen molar-refractivity contribution in [1.82, 2.24) is 4.98 Å². The zero-order valence-electron chi connectivity index (χ0n) is 10.8. The fraction of sp³-hybridized carbons (Fsp3) is 0.333. The number of aliphatic carboxylic acids is 1. The van der Waals surface area contributed by atoms with Crippen LogP contribution in [0, 0.1) is 5.92 Å². The van der Waals surface area contributed by atoms with Gasteiger partial charge in [-0.3, -0.25) is 4.79 Å². The van der Waals surface area contributed by atoms with Crippen molar-refractivity contribution in [2.75, 3.05) is 0 Å². The molecule has 104 valence electrons. The Morgan fingerprint density at radius 3 is 3.10 bits per heavy atom. The molecule has 0 spiro atoms. The molecular weight excluding hydrogens is 278 g/mol. The van der Waals surface area contributed by atoms with Gasteiger partial charge in [0.1, 0.15) is 5.76 Å². The van der Waals surface area contributed by atoms with E-state index in [-0.39, 0.29) is 5.92 Å². The van der Waals surface area contributed by atoms with Crippen molar-refractivity contribution >= 4 is 17.6 Å². The number of hydrogen-bond acceptors (Lipinski definition) is 3. The van der Waals surface area contributed by atoms with Crippen molar-refractivity contribution in [1.29, 1.82) is 0 Å². The molecule has 1 aromatic heterocycles. The Kier molecular flexibility index (Phi) is 3.49. The SMILES string of the molecule is O=C(O)C1CCc2oc(Cc3cccc(Cl)c3)nc2C1. The highest BCUT2D eigenvalue weighted by atomic mass is 35.5. The highest BCUT2D eigenvalue weighted by Crippen LogP contribution is 2.27. The molecule has 20 heavy (non-hydrogen) atoms. The summed E-state index contributed by atoms with van der Waals surface area (Å²) in [5.41, 5.74) is 1.83. The Labute approximate surface area is 121 Å². The molecule has 0 aliphatic heterocycles. The monoisotopic (exact) mass is 291 g/mol. The number of nitrogens with zero attached hydrogens (tertiary/aromatic N) is 1. The molecule has 0 amide bonds. The van der Waals surface area contributed by atoms with Gasteiger partial charge < -0.3 is 9.52 Å². The van der Waals surface area contributed by atoms with Gasteiger partial charge in [0.05, 0.1) is 11.6 Å². The Hall–Kier alpha value is -1.81. The summed E-state index contributed by atoms with van der Waals surface area (Å²) < 4.78 is 5.73. The minimum atomic E-state index is -0.755. The molecule has 0 radical (unpaired) electrons. The number of aromatic nitrogens is 1. The van der Waals surface area contributed by atoms with Gasteiger partial charge in [-0.25, -0.2) is 4.98 Å². The van der Waals surface area contributed by atoms with E-state index in [0.717, 1.165) is 17.0 Å². The number of carbonyl (C=O) groups is 1. The number of aryl methyl sites for hydroxylation is 1. The maximum atomic E-state index is 11.0. The number of oxazole rings is 1. The first-order valence-corrected chi connectivity index (χ1v) is 6.94. The van der Waals surface area contributed by atoms with Gasteiger partial charge in [0.15, 0.2) is 5.89 Å². The van der Waals surface area contributed by atoms with Gasteiger partial charge in [-0.15, -0.1) is 0 Å². The van der Waals surface area contributed by atoms with Crippen LogP contribution in [-0.4, -0.2) is 16.1 Å². The topological polar surface area (TPSA) is 63.3 Å². The van der Waals surface area contributed by atoms with E-state index >= 15 is 0 Å². The molecule has 0 bridgehead atoms. The molecule has 4 nitrogen and oxygen atoms in total. The highest BCUT2D eigenvalue weighted by molar-refractivity contribution is 6.30. The lowest BCUT2D eigenvalue weighted by molar-refractivity contribution is -0.142. The van der Waals surface area contributed by atoms with Crippen LogP contribution in [0.25, 0.3) is 0 Å². The van der Waals surface area contributed by atoms with Crippen LogP contribution < -0.4 is 0 Å². The molecular formula is C15H14ClNO3. The number of halogens is 1. The third-order valence-electron chi connectivity index (χ3n) is 3.58. The summed E-state index contributed by atoms with van der Waals surface area (Å²) in [6, 6.07) is 7.56. The van der Waals surface area contributed by atoms with E-state index in [2.05, 4.69) is 4.98 Å². The fourth-order valence-electron chi connectivity index (χ4n) is 2.54. The number of benzene rings is 1. The van der Waals surface area contributed by atoms with Crippen molar-refractivity contribution in [3.8, 4) is 0 Å². The minimum Gasteiger partial charge on any atom is -0.481 e. The molecule has 1 N–H and O–H groups in total. The summed E-state index contributed by atoms with van der Waals surface area (Å²) in [4.78, 5) is 15.5. The highest BCUT2D eigenvalue weighted by Gasteiger charge is 2.28. The average molecular weight is 292 g/mol. The maximum Gasteiger partial charge on any atom is 0.306 e. The zero-order chi connectivity index (χ0) is 14.1. The second-order valence-electron chi connectivity index (χ2n) is 5.06. The molecule has 3 rings (SSSR count). The summed E-state index contributed by atoms with van der Waals surface area (Å²) in [7, 11) is 0. The standard InChI is InChI=1S/C15H14ClNO3/c16-11-3-1-2-9(6-11)7-14-17-12-8-10(15(18)19)4-5-13(12)20-14/h1-3,6,10H,4-5,7-8H2,(H,18,19). The van der Waals surface area contributed by atoms with E-state index in [1.807, 2.05) is 24.3 Å². The van der Waals surface area contributed by atoms with Crippen molar-refractivity contribution in [3.05, 3.63) is 52.2 Å². The summed E-state index contributed by atoms with van der Waals surface area (Å²) in [5.74, 6) is 0.365. The van der Waals surface area contributed by atoms with Crippen LogP contribution in [-0.2, 0) is 24.1 Å². The van der Waals surface area contributed by atoms with Crippen LogP contribution in [0.5, 0.6) is 0 Å². The van der Waals surface area contributed by atoms with Crippen molar-refractivity contribution in [3.63, 3.8) is 0 Å². The third kappa shape index (κ3) is 2.70. The number of carboxylic acids is 1. The number of fused-ring (bicyclic) bond motifs is 1. The van der Waals surface area contributed by atoms with Crippen LogP contribution in [0.15, 0.2) is 28.7 Å². The summed E-state index contributed by atoms with van der Waals surface area (Å²) in [6.45, 7) is 0. The van der Waals surface area contributed by atoms with E-state index in [4.69, 9.17) is 21.1 Å². The first-order chi connectivity index (χ1) is 9.61. The first-order valence-electron chi connectivity index (χ1n) is 6.56. The fourth-order valence-corrected chi connectivity index (χ4v) is 2.75. The van der Waals surface area contributed by atoms with E-state index in [0.29, 0.717) is 36.6 Å². The maximum absolute atomic E-state index is 11.0. The normalized spacial score (nSPS) is 17.8.